The summed E-state index contributed by atoms with van der Waals surface area (Å²) in [7, 11) is -3.52. The molecule has 1 aromatic heterocycles. The molecule has 31 heavy (non-hydrogen) atoms. The Morgan fingerprint density at radius 3 is 2.35 bits per heavy atom. The molecule has 0 amide bonds. The first-order chi connectivity index (χ1) is 15.1. The van der Waals surface area contributed by atoms with Gasteiger partial charge >= 0.3 is 0 Å². The number of rotatable bonds is 5. The number of hydrogen-bond acceptors (Lipinski definition) is 6. The van der Waals surface area contributed by atoms with E-state index in [0.717, 1.165) is 75.4 Å². The molecule has 0 spiro atoms. The van der Waals surface area contributed by atoms with Crippen LogP contribution >= 0.6 is 0 Å². The minimum Gasteiger partial charge on any atom is -0.425 e. The fraction of sp³-hybridized carbons (Fsp3) is 0.652. The van der Waals surface area contributed by atoms with E-state index in [-0.39, 0.29) is 12.0 Å². The van der Waals surface area contributed by atoms with Crippen LogP contribution in [0.2, 0.25) is 0 Å². The summed E-state index contributed by atoms with van der Waals surface area (Å²) in [5, 5.41) is 12.0. The molecule has 2 fully saturated rings. The van der Waals surface area contributed by atoms with Crippen molar-refractivity contribution < 1.29 is 12.8 Å². The molecule has 0 bridgehead atoms. The van der Waals surface area contributed by atoms with Gasteiger partial charge < -0.3 is 9.73 Å². The smallest absolute Gasteiger partial charge is 0.240 e. The van der Waals surface area contributed by atoms with Gasteiger partial charge in [0, 0.05) is 24.4 Å². The largest absolute Gasteiger partial charge is 0.425 e. The summed E-state index contributed by atoms with van der Waals surface area (Å²) in [5.41, 5.74) is 2.33. The zero-order chi connectivity index (χ0) is 21.3. The van der Waals surface area contributed by atoms with Gasteiger partial charge in [0.15, 0.2) is 0 Å². The Labute approximate surface area is 184 Å². The van der Waals surface area contributed by atoms with E-state index in [1.807, 2.05) is 12.1 Å². The van der Waals surface area contributed by atoms with Crippen LogP contribution in [0.3, 0.4) is 0 Å². The van der Waals surface area contributed by atoms with Crippen LogP contribution in [0.15, 0.2) is 27.5 Å². The Hall–Kier alpha value is -1.77. The van der Waals surface area contributed by atoms with Crippen LogP contribution in [0.4, 0.5) is 0 Å². The van der Waals surface area contributed by atoms with Crippen LogP contribution in [0.5, 0.6) is 0 Å². The molecule has 7 nitrogen and oxygen atoms in total. The van der Waals surface area contributed by atoms with E-state index in [0.29, 0.717) is 10.8 Å². The van der Waals surface area contributed by atoms with Crippen molar-refractivity contribution >= 4 is 10.0 Å². The molecule has 168 valence electrons. The van der Waals surface area contributed by atoms with Gasteiger partial charge in [-0.2, -0.15) is 0 Å². The first kappa shape index (κ1) is 21.1. The lowest BCUT2D eigenvalue weighted by molar-refractivity contribution is 0.302. The molecule has 1 aliphatic heterocycles. The number of nitrogens with zero attached hydrogens (tertiary/aromatic N) is 2. The average Bonchev–Trinajstić information content (AvgIpc) is 3.30. The summed E-state index contributed by atoms with van der Waals surface area (Å²) >= 11 is 0. The normalized spacial score (nSPS) is 25.3. The van der Waals surface area contributed by atoms with E-state index in [4.69, 9.17) is 4.42 Å². The molecule has 2 N–H and O–H groups in total. The van der Waals surface area contributed by atoms with Crippen molar-refractivity contribution in [2.75, 3.05) is 6.54 Å². The topological polar surface area (TPSA) is 97.1 Å². The average molecular weight is 445 g/mol. The maximum Gasteiger partial charge on any atom is 0.240 e. The highest BCUT2D eigenvalue weighted by atomic mass is 32.2. The van der Waals surface area contributed by atoms with Gasteiger partial charge in [-0.25, -0.2) is 13.1 Å². The molecular formula is C23H32N4O3S. The third-order valence-corrected chi connectivity index (χ3v) is 8.70. The quantitative estimate of drug-likeness (QED) is 0.729. The molecule has 0 atom stereocenters. The van der Waals surface area contributed by atoms with Gasteiger partial charge in [0.05, 0.1) is 4.90 Å². The van der Waals surface area contributed by atoms with Crippen LogP contribution in [-0.4, -0.2) is 31.2 Å². The lowest BCUT2D eigenvalue weighted by Gasteiger charge is -2.27. The lowest BCUT2D eigenvalue weighted by Crippen LogP contribution is -2.37. The minimum absolute atomic E-state index is 0.0452. The standard InChI is InChI=1S/C23H32N4O3S/c28-31(29,21-11-8-16-12-13-24-15-19(16)14-21)27-20-9-6-18(7-10-20)23-26-25-22(30-23)17-4-2-1-3-5-17/h8,11,14,17-18,20,24,27H,1-7,9-10,12-13,15H2. The van der Waals surface area contributed by atoms with Gasteiger partial charge in [0.25, 0.3) is 0 Å². The molecule has 8 heteroatoms. The summed E-state index contributed by atoms with van der Waals surface area (Å²) < 4.78 is 34.9. The number of sulfonamides is 1. The second-order valence-corrected chi connectivity index (χ2v) is 11.1. The molecule has 2 saturated carbocycles. The van der Waals surface area contributed by atoms with E-state index in [9.17, 15) is 8.42 Å². The highest BCUT2D eigenvalue weighted by molar-refractivity contribution is 7.89. The van der Waals surface area contributed by atoms with Crippen LogP contribution in [0.1, 0.15) is 92.5 Å². The zero-order valence-electron chi connectivity index (χ0n) is 18.0. The molecule has 2 heterocycles. The number of benzene rings is 1. The molecule has 5 rings (SSSR count). The molecule has 0 radical (unpaired) electrons. The molecule has 3 aliphatic rings. The summed E-state index contributed by atoms with van der Waals surface area (Å²) in [5.74, 6) is 2.20. The Bertz CT molecular complexity index is 1010. The lowest BCUT2D eigenvalue weighted by atomic mass is 9.86. The van der Waals surface area contributed by atoms with Crippen molar-refractivity contribution in [1.29, 1.82) is 0 Å². The van der Waals surface area contributed by atoms with Crippen molar-refractivity contribution in [2.24, 2.45) is 0 Å². The van der Waals surface area contributed by atoms with Crippen molar-refractivity contribution in [3.05, 3.63) is 41.1 Å². The van der Waals surface area contributed by atoms with Gasteiger partial charge in [-0.15, -0.1) is 10.2 Å². The maximum atomic E-state index is 12.9. The monoisotopic (exact) mass is 444 g/mol. The Balaban J connectivity index is 1.18. The number of hydrogen-bond donors (Lipinski definition) is 2. The predicted molar refractivity (Wildman–Crippen MR) is 117 cm³/mol. The fourth-order valence-electron chi connectivity index (χ4n) is 5.30. The molecule has 0 unspecified atom stereocenters. The van der Waals surface area contributed by atoms with Gasteiger partial charge in [0.1, 0.15) is 0 Å². The number of nitrogens with one attached hydrogen (secondary N) is 2. The van der Waals surface area contributed by atoms with Crippen molar-refractivity contribution in [2.45, 2.75) is 93.5 Å². The second-order valence-electron chi connectivity index (χ2n) is 9.34. The van der Waals surface area contributed by atoms with Crippen molar-refractivity contribution in [1.82, 2.24) is 20.2 Å². The molecule has 2 aliphatic carbocycles. The molecule has 0 saturated heterocycles. The highest BCUT2D eigenvalue weighted by Gasteiger charge is 2.30. The van der Waals surface area contributed by atoms with Gasteiger partial charge in [-0.1, -0.05) is 25.3 Å². The zero-order valence-corrected chi connectivity index (χ0v) is 18.8. The predicted octanol–water partition coefficient (Wildman–Crippen LogP) is 3.77. The summed E-state index contributed by atoms with van der Waals surface area (Å²) in [6.07, 6.45) is 10.4. The molecule has 1 aromatic carbocycles. The minimum atomic E-state index is -3.52. The number of fused-ring (bicyclic) bond motifs is 1. The van der Waals surface area contributed by atoms with Gasteiger partial charge in [0.2, 0.25) is 21.8 Å². The number of aromatic nitrogens is 2. The van der Waals surface area contributed by atoms with Crippen LogP contribution in [-0.2, 0) is 23.0 Å². The van der Waals surface area contributed by atoms with Crippen LogP contribution in [0, 0.1) is 0 Å². The fourth-order valence-corrected chi connectivity index (χ4v) is 6.65. The highest BCUT2D eigenvalue weighted by Crippen LogP contribution is 2.36. The maximum absolute atomic E-state index is 12.9. The third-order valence-electron chi connectivity index (χ3n) is 7.18. The molecular weight excluding hydrogens is 412 g/mol. The summed E-state index contributed by atoms with van der Waals surface area (Å²) in [4.78, 5) is 0.367. The van der Waals surface area contributed by atoms with E-state index < -0.39 is 10.0 Å². The Kier molecular flexibility index (Phi) is 6.12. The van der Waals surface area contributed by atoms with E-state index in [2.05, 4.69) is 20.2 Å². The first-order valence-corrected chi connectivity index (χ1v) is 13.2. The third kappa shape index (κ3) is 4.71. The Morgan fingerprint density at radius 2 is 1.61 bits per heavy atom. The van der Waals surface area contributed by atoms with Crippen molar-refractivity contribution in [3.8, 4) is 0 Å². The second kappa shape index (κ2) is 9.00. The van der Waals surface area contributed by atoms with Crippen molar-refractivity contribution in [3.63, 3.8) is 0 Å². The van der Waals surface area contributed by atoms with Crippen LogP contribution < -0.4 is 10.0 Å². The van der Waals surface area contributed by atoms with E-state index in [1.54, 1.807) is 6.07 Å². The summed E-state index contributed by atoms with van der Waals surface area (Å²) in [6.45, 7) is 1.68. The Morgan fingerprint density at radius 1 is 0.903 bits per heavy atom. The van der Waals surface area contributed by atoms with E-state index >= 15 is 0 Å². The van der Waals surface area contributed by atoms with Crippen LogP contribution in [0.25, 0.3) is 0 Å². The SMILES string of the molecule is O=S(=O)(NC1CCC(c2nnc(C3CCCCC3)o2)CC1)c1ccc2c(c1)CNCC2. The first-order valence-electron chi connectivity index (χ1n) is 11.8. The molecule has 2 aromatic rings. The van der Waals surface area contributed by atoms with Gasteiger partial charge in [-0.05, 0) is 74.8 Å². The van der Waals surface area contributed by atoms with E-state index in [1.165, 1.54) is 24.8 Å². The van der Waals surface area contributed by atoms with Gasteiger partial charge in [-0.3, -0.25) is 0 Å². The summed E-state index contributed by atoms with van der Waals surface area (Å²) in [6, 6.07) is 5.47.